The zero-order valence-electron chi connectivity index (χ0n) is 16.4. The summed E-state index contributed by atoms with van der Waals surface area (Å²) in [7, 11) is 0. The van der Waals surface area contributed by atoms with Crippen LogP contribution in [0.1, 0.15) is 40.6 Å². The number of piperidine rings is 1. The molecule has 1 atom stereocenters. The number of nitrogens with one attached hydrogen (secondary N) is 1. The largest absolute Gasteiger partial charge is 0.466 e. The number of ether oxygens (including phenoxy) is 3. The summed E-state index contributed by atoms with van der Waals surface area (Å²) in [5.41, 5.74) is 0.640. The number of anilines is 1. The Hall–Kier alpha value is -3.14. The van der Waals surface area contributed by atoms with Gasteiger partial charge < -0.3 is 19.1 Å². The lowest BCUT2D eigenvalue weighted by atomic mass is 9.98. The summed E-state index contributed by atoms with van der Waals surface area (Å²) in [5, 5.41) is 4.62. The van der Waals surface area contributed by atoms with Crippen molar-refractivity contribution in [2.24, 2.45) is 5.92 Å². The average Bonchev–Trinajstić information content (AvgIpc) is 3.42. The van der Waals surface area contributed by atoms with Gasteiger partial charge in [0.2, 0.25) is 6.79 Å². The number of thiazole rings is 1. The smallest absolute Gasteiger partial charge is 0.310 e. The van der Waals surface area contributed by atoms with Crippen LogP contribution in [0, 0.1) is 5.92 Å². The minimum Gasteiger partial charge on any atom is -0.466 e. The molecule has 0 radical (unpaired) electrons. The van der Waals surface area contributed by atoms with Gasteiger partial charge in [0.25, 0.3) is 11.8 Å². The van der Waals surface area contributed by atoms with E-state index in [1.807, 2.05) is 0 Å². The van der Waals surface area contributed by atoms with Crippen molar-refractivity contribution in [3.8, 4) is 11.5 Å². The van der Waals surface area contributed by atoms with E-state index in [0.717, 1.165) is 6.42 Å². The van der Waals surface area contributed by atoms with Crippen LogP contribution in [0.5, 0.6) is 11.5 Å². The van der Waals surface area contributed by atoms with Crippen LogP contribution in [0.4, 0.5) is 5.13 Å². The third-order valence-corrected chi connectivity index (χ3v) is 5.66. The highest BCUT2D eigenvalue weighted by Crippen LogP contribution is 2.32. The van der Waals surface area contributed by atoms with E-state index in [-0.39, 0.29) is 36.2 Å². The van der Waals surface area contributed by atoms with E-state index in [0.29, 0.717) is 48.3 Å². The SMILES string of the molecule is CCOC(=O)[C@@H]1CCCN(C(=O)c2csc(NC(=O)c3ccc4c(c3)OCO4)n2)C1. The van der Waals surface area contributed by atoms with Gasteiger partial charge in [0.05, 0.1) is 12.5 Å². The summed E-state index contributed by atoms with van der Waals surface area (Å²) in [4.78, 5) is 43.1. The fourth-order valence-corrected chi connectivity index (χ4v) is 4.09. The highest BCUT2D eigenvalue weighted by atomic mass is 32.1. The maximum absolute atomic E-state index is 12.8. The first-order chi connectivity index (χ1) is 14.5. The van der Waals surface area contributed by atoms with Crippen LogP contribution in [0.3, 0.4) is 0 Å². The summed E-state index contributed by atoms with van der Waals surface area (Å²) in [6, 6.07) is 4.90. The molecule has 30 heavy (non-hydrogen) atoms. The van der Waals surface area contributed by atoms with Crippen LogP contribution in [0.15, 0.2) is 23.6 Å². The number of carbonyl (C=O) groups excluding carboxylic acids is 3. The second kappa shape index (κ2) is 8.70. The summed E-state index contributed by atoms with van der Waals surface area (Å²) in [5.74, 6) is -0.0995. The van der Waals surface area contributed by atoms with Crippen molar-refractivity contribution >= 4 is 34.3 Å². The molecule has 1 saturated heterocycles. The molecule has 4 rings (SSSR count). The minimum absolute atomic E-state index is 0.131. The molecule has 1 aromatic carbocycles. The molecule has 2 aromatic rings. The highest BCUT2D eigenvalue weighted by Gasteiger charge is 2.30. The Morgan fingerprint density at radius 1 is 1.30 bits per heavy atom. The van der Waals surface area contributed by atoms with Crippen LogP contribution in [0.25, 0.3) is 0 Å². The Kier molecular flexibility index (Phi) is 5.84. The Balaban J connectivity index is 1.39. The summed E-state index contributed by atoms with van der Waals surface area (Å²) >= 11 is 1.17. The normalized spacial score (nSPS) is 17.5. The molecule has 0 saturated carbocycles. The number of benzene rings is 1. The molecule has 2 amide bonds. The van der Waals surface area contributed by atoms with Crippen molar-refractivity contribution in [1.29, 1.82) is 0 Å². The molecule has 158 valence electrons. The quantitative estimate of drug-likeness (QED) is 0.725. The van der Waals surface area contributed by atoms with Crippen LogP contribution in [-0.4, -0.2) is 54.2 Å². The van der Waals surface area contributed by atoms with Gasteiger partial charge in [0.15, 0.2) is 16.6 Å². The number of fused-ring (bicyclic) bond motifs is 1. The van der Waals surface area contributed by atoms with Crippen molar-refractivity contribution in [2.45, 2.75) is 19.8 Å². The van der Waals surface area contributed by atoms with E-state index in [4.69, 9.17) is 14.2 Å². The number of hydrogen-bond donors (Lipinski definition) is 1. The zero-order chi connectivity index (χ0) is 21.1. The third kappa shape index (κ3) is 4.23. The number of esters is 1. The van der Waals surface area contributed by atoms with Gasteiger partial charge in [-0.1, -0.05) is 0 Å². The van der Waals surface area contributed by atoms with Gasteiger partial charge in [-0.15, -0.1) is 11.3 Å². The first-order valence-corrected chi connectivity index (χ1v) is 10.6. The average molecular weight is 431 g/mol. The predicted molar refractivity (Wildman–Crippen MR) is 108 cm³/mol. The topological polar surface area (TPSA) is 107 Å². The second-order valence-electron chi connectivity index (χ2n) is 6.90. The lowest BCUT2D eigenvalue weighted by Gasteiger charge is -2.31. The summed E-state index contributed by atoms with van der Waals surface area (Å²) in [6.07, 6.45) is 1.43. The second-order valence-corrected chi connectivity index (χ2v) is 7.76. The van der Waals surface area contributed by atoms with Crippen LogP contribution in [-0.2, 0) is 9.53 Å². The van der Waals surface area contributed by atoms with Gasteiger partial charge in [0.1, 0.15) is 5.69 Å². The van der Waals surface area contributed by atoms with Gasteiger partial charge in [-0.05, 0) is 38.0 Å². The summed E-state index contributed by atoms with van der Waals surface area (Å²) < 4.78 is 15.6. The van der Waals surface area contributed by atoms with Gasteiger partial charge in [-0.3, -0.25) is 19.7 Å². The maximum atomic E-state index is 12.8. The lowest BCUT2D eigenvalue weighted by Crippen LogP contribution is -2.43. The van der Waals surface area contributed by atoms with E-state index in [2.05, 4.69) is 10.3 Å². The Morgan fingerprint density at radius 3 is 2.97 bits per heavy atom. The molecule has 0 unspecified atom stereocenters. The lowest BCUT2D eigenvalue weighted by molar-refractivity contribution is -0.149. The van der Waals surface area contributed by atoms with Gasteiger partial charge in [-0.2, -0.15) is 0 Å². The maximum Gasteiger partial charge on any atom is 0.310 e. The molecule has 2 aliphatic rings. The fraction of sp³-hybridized carbons (Fsp3) is 0.400. The van der Waals surface area contributed by atoms with Gasteiger partial charge >= 0.3 is 5.97 Å². The molecular formula is C20H21N3O6S. The van der Waals surface area contributed by atoms with Crippen molar-refractivity contribution < 1.29 is 28.6 Å². The Labute approximate surface area is 176 Å². The van der Waals surface area contributed by atoms with E-state index in [1.54, 1.807) is 35.4 Å². The van der Waals surface area contributed by atoms with Gasteiger partial charge in [-0.25, -0.2) is 4.98 Å². The van der Waals surface area contributed by atoms with E-state index < -0.39 is 0 Å². The molecule has 10 heteroatoms. The molecule has 1 aromatic heterocycles. The Morgan fingerprint density at radius 2 is 2.13 bits per heavy atom. The standard InChI is InChI=1S/C20H21N3O6S/c1-2-27-19(26)13-4-3-7-23(9-13)18(25)14-10-30-20(21-14)22-17(24)12-5-6-15-16(8-12)29-11-28-15/h5-6,8,10,13H,2-4,7,9,11H2,1H3,(H,21,22,24)/t13-/m1/s1. The predicted octanol–water partition coefficient (Wildman–Crippen LogP) is 2.54. The number of aromatic nitrogens is 1. The van der Waals surface area contributed by atoms with Crippen LogP contribution >= 0.6 is 11.3 Å². The molecular weight excluding hydrogens is 410 g/mol. The summed E-state index contributed by atoms with van der Waals surface area (Å²) in [6.45, 7) is 3.09. The number of likely N-dealkylation sites (tertiary alicyclic amines) is 1. The van der Waals surface area contributed by atoms with Crippen molar-refractivity contribution in [2.75, 3.05) is 31.8 Å². The highest BCUT2D eigenvalue weighted by molar-refractivity contribution is 7.14. The van der Waals surface area contributed by atoms with Gasteiger partial charge in [0, 0.05) is 24.0 Å². The van der Waals surface area contributed by atoms with E-state index >= 15 is 0 Å². The first kappa shape index (κ1) is 20.1. The monoisotopic (exact) mass is 431 g/mol. The van der Waals surface area contributed by atoms with Crippen molar-refractivity contribution in [3.05, 3.63) is 34.8 Å². The van der Waals surface area contributed by atoms with E-state index in [9.17, 15) is 14.4 Å². The molecule has 2 aliphatic heterocycles. The molecule has 0 spiro atoms. The van der Waals surface area contributed by atoms with Crippen LogP contribution < -0.4 is 14.8 Å². The zero-order valence-corrected chi connectivity index (χ0v) is 17.2. The molecule has 0 aliphatic carbocycles. The molecule has 1 fully saturated rings. The fourth-order valence-electron chi connectivity index (χ4n) is 3.41. The van der Waals surface area contributed by atoms with Crippen molar-refractivity contribution in [3.63, 3.8) is 0 Å². The van der Waals surface area contributed by atoms with E-state index in [1.165, 1.54) is 11.3 Å². The molecule has 9 nitrogen and oxygen atoms in total. The number of carbonyl (C=O) groups is 3. The van der Waals surface area contributed by atoms with Crippen LogP contribution in [0.2, 0.25) is 0 Å². The van der Waals surface area contributed by atoms with Crippen molar-refractivity contribution in [1.82, 2.24) is 9.88 Å². The Bertz CT molecular complexity index is 975. The first-order valence-electron chi connectivity index (χ1n) is 9.67. The molecule has 1 N–H and O–H groups in total. The number of hydrogen-bond acceptors (Lipinski definition) is 8. The number of nitrogens with zero attached hydrogens (tertiary/aromatic N) is 2. The molecule has 0 bridgehead atoms. The number of rotatable bonds is 5. The minimum atomic E-state index is -0.359. The number of amides is 2. The molecule has 3 heterocycles. The third-order valence-electron chi connectivity index (χ3n) is 4.91.